The fourth-order valence-electron chi connectivity index (χ4n) is 3.26. The molecule has 0 saturated heterocycles. The fraction of sp³-hybridized carbons (Fsp3) is 0.375. The van der Waals surface area contributed by atoms with Crippen molar-refractivity contribution in [2.75, 3.05) is 11.9 Å². The van der Waals surface area contributed by atoms with Crippen LogP contribution in [0, 0.1) is 0 Å². The van der Waals surface area contributed by atoms with Gasteiger partial charge in [0.05, 0.1) is 12.0 Å². The first-order valence-corrected chi connectivity index (χ1v) is 11.4. The number of halogens is 6. The molecule has 1 unspecified atom stereocenters. The summed E-state index contributed by atoms with van der Waals surface area (Å²) in [5.41, 5.74) is -0.557. The van der Waals surface area contributed by atoms with Crippen LogP contribution in [0.2, 0.25) is 0 Å². The van der Waals surface area contributed by atoms with Gasteiger partial charge < -0.3 is 20.1 Å². The Bertz CT molecular complexity index is 1200. The molecule has 3 rings (SSSR count). The Labute approximate surface area is 217 Å². The molecule has 0 bridgehead atoms. The van der Waals surface area contributed by atoms with Crippen molar-refractivity contribution in [3.8, 4) is 0 Å². The number of aliphatic carboxylic acids is 2. The van der Waals surface area contributed by atoms with E-state index < -0.39 is 35.8 Å². The van der Waals surface area contributed by atoms with Crippen LogP contribution >= 0.6 is 0 Å². The van der Waals surface area contributed by atoms with Crippen molar-refractivity contribution in [3.63, 3.8) is 0 Å². The van der Waals surface area contributed by atoms with Gasteiger partial charge in [-0.3, -0.25) is 4.79 Å². The van der Waals surface area contributed by atoms with E-state index in [1.165, 1.54) is 12.1 Å². The maximum Gasteiger partial charge on any atom is 0.490 e. The van der Waals surface area contributed by atoms with Crippen molar-refractivity contribution in [1.29, 1.82) is 0 Å². The number of alkyl halides is 6. The first-order chi connectivity index (χ1) is 18.3. The normalized spacial score (nSPS) is 12.3. The average molecular weight is 562 g/mol. The molecule has 0 aliphatic heterocycles. The molecule has 0 aliphatic rings. The summed E-state index contributed by atoms with van der Waals surface area (Å²) in [4.78, 5) is 28.6. The summed E-state index contributed by atoms with van der Waals surface area (Å²) in [6, 6.07) is 10.3. The third kappa shape index (κ3) is 11.4. The molecule has 1 aromatic carbocycles. The SMILES string of the molecule is O=C(O)C(F)(F)F.O=C(O)CC(Cc1nc(CCCCNc2ccccn2)no1)c1cccc(C(F)(F)F)c1. The van der Waals surface area contributed by atoms with Crippen molar-refractivity contribution >= 4 is 17.8 Å². The zero-order chi connectivity index (χ0) is 29.1. The Morgan fingerprint density at radius 3 is 2.31 bits per heavy atom. The summed E-state index contributed by atoms with van der Waals surface area (Å²) < 4.78 is 76.0. The van der Waals surface area contributed by atoms with E-state index in [1.54, 1.807) is 6.20 Å². The molecule has 0 amide bonds. The molecule has 0 fully saturated rings. The Morgan fingerprint density at radius 2 is 1.72 bits per heavy atom. The minimum Gasteiger partial charge on any atom is -0.481 e. The lowest BCUT2D eigenvalue weighted by Gasteiger charge is -2.15. The van der Waals surface area contributed by atoms with Crippen LogP contribution in [-0.2, 0) is 28.6 Å². The number of rotatable bonds is 11. The van der Waals surface area contributed by atoms with E-state index in [-0.39, 0.29) is 24.3 Å². The van der Waals surface area contributed by atoms with E-state index in [1.807, 2.05) is 18.2 Å². The lowest BCUT2D eigenvalue weighted by Crippen LogP contribution is -2.21. The molecule has 3 N–H and O–H groups in total. The van der Waals surface area contributed by atoms with Crippen molar-refractivity contribution < 1.29 is 50.7 Å². The van der Waals surface area contributed by atoms with Gasteiger partial charge in [-0.2, -0.15) is 31.3 Å². The topological polar surface area (TPSA) is 138 Å². The highest BCUT2D eigenvalue weighted by atomic mass is 19.4. The Balaban J connectivity index is 0.000000673. The molecule has 2 aromatic heterocycles. The van der Waals surface area contributed by atoms with Crippen molar-refractivity contribution in [1.82, 2.24) is 15.1 Å². The summed E-state index contributed by atoms with van der Waals surface area (Å²) in [7, 11) is 0. The van der Waals surface area contributed by atoms with Crippen LogP contribution in [0.4, 0.5) is 32.2 Å². The van der Waals surface area contributed by atoms with Crippen LogP contribution in [-0.4, -0.2) is 50.0 Å². The van der Waals surface area contributed by atoms with E-state index >= 15 is 0 Å². The lowest BCUT2D eigenvalue weighted by atomic mass is 9.91. The Kier molecular flexibility index (Phi) is 11.2. The molecular weight excluding hydrogens is 538 g/mol. The van der Waals surface area contributed by atoms with E-state index in [2.05, 4.69) is 20.4 Å². The summed E-state index contributed by atoms with van der Waals surface area (Å²) in [5.74, 6) is -3.11. The van der Waals surface area contributed by atoms with Gasteiger partial charge in [0.25, 0.3) is 0 Å². The van der Waals surface area contributed by atoms with E-state index in [4.69, 9.17) is 14.4 Å². The van der Waals surface area contributed by atoms with E-state index in [9.17, 15) is 36.2 Å². The number of pyridine rings is 1. The molecule has 212 valence electrons. The minimum absolute atomic E-state index is 0.0435. The Morgan fingerprint density at radius 1 is 1.00 bits per heavy atom. The number of aryl methyl sites for hydroxylation is 1. The average Bonchev–Trinajstić information content (AvgIpc) is 3.30. The largest absolute Gasteiger partial charge is 0.490 e. The maximum atomic E-state index is 13.0. The van der Waals surface area contributed by atoms with Gasteiger partial charge in [0.2, 0.25) is 5.89 Å². The molecule has 2 heterocycles. The van der Waals surface area contributed by atoms with Crippen molar-refractivity contribution in [2.45, 2.75) is 50.4 Å². The fourth-order valence-corrected chi connectivity index (χ4v) is 3.26. The molecule has 39 heavy (non-hydrogen) atoms. The highest BCUT2D eigenvalue weighted by Gasteiger charge is 2.38. The third-order valence-electron chi connectivity index (χ3n) is 5.08. The molecule has 0 radical (unpaired) electrons. The van der Waals surface area contributed by atoms with Crippen LogP contribution in [0.3, 0.4) is 0 Å². The van der Waals surface area contributed by atoms with Crippen molar-refractivity contribution in [3.05, 3.63) is 71.5 Å². The van der Waals surface area contributed by atoms with Gasteiger partial charge in [-0.1, -0.05) is 29.4 Å². The highest BCUT2D eigenvalue weighted by molar-refractivity contribution is 5.73. The zero-order valence-corrected chi connectivity index (χ0v) is 20.2. The molecular formula is C24H24F6N4O5. The number of aromatic nitrogens is 3. The standard InChI is InChI=1S/C22H23F3N4O3.C2HF3O2/c23-22(24,25)17-7-5-6-15(12-17)16(14-21(30)31)13-20-28-19(29-32-20)9-2-4-11-27-18-8-1-3-10-26-18;3-2(4,5)1(6)7/h1,3,5-8,10,12,16H,2,4,9,11,13-14H2,(H,26,27)(H,30,31);(H,6,7). The van der Waals surface area contributed by atoms with Gasteiger partial charge in [-0.15, -0.1) is 0 Å². The summed E-state index contributed by atoms with van der Waals surface area (Å²) in [6.45, 7) is 0.734. The molecule has 1 atom stereocenters. The summed E-state index contributed by atoms with van der Waals surface area (Å²) >= 11 is 0. The number of carboxylic acid groups (broad SMARTS) is 2. The zero-order valence-electron chi connectivity index (χ0n) is 20.2. The molecule has 3 aromatic rings. The van der Waals surface area contributed by atoms with Gasteiger partial charge in [0.1, 0.15) is 5.82 Å². The molecule has 0 saturated carbocycles. The maximum absolute atomic E-state index is 13.0. The van der Waals surface area contributed by atoms with Crippen LogP contribution in [0.15, 0.2) is 53.2 Å². The number of hydrogen-bond acceptors (Lipinski definition) is 7. The number of unbranched alkanes of at least 4 members (excludes halogenated alkanes) is 1. The molecule has 9 nitrogen and oxygen atoms in total. The van der Waals surface area contributed by atoms with Gasteiger partial charge in [-0.25, -0.2) is 9.78 Å². The van der Waals surface area contributed by atoms with Gasteiger partial charge >= 0.3 is 24.3 Å². The second-order valence-electron chi connectivity index (χ2n) is 8.13. The number of carboxylic acids is 2. The summed E-state index contributed by atoms with van der Waals surface area (Å²) in [6.07, 6.45) is -5.97. The minimum atomic E-state index is -5.08. The smallest absolute Gasteiger partial charge is 0.481 e. The molecule has 0 aliphatic carbocycles. The second-order valence-corrected chi connectivity index (χ2v) is 8.13. The molecule has 0 spiro atoms. The summed E-state index contributed by atoms with van der Waals surface area (Å²) in [5, 5.41) is 23.4. The van der Waals surface area contributed by atoms with E-state index in [0.717, 1.165) is 37.3 Å². The highest BCUT2D eigenvalue weighted by Crippen LogP contribution is 2.33. The second kappa shape index (κ2) is 14.1. The first-order valence-electron chi connectivity index (χ1n) is 11.4. The van der Waals surface area contributed by atoms with Crippen LogP contribution in [0.5, 0.6) is 0 Å². The van der Waals surface area contributed by atoms with Gasteiger partial charge in [0.15, 0.2) is 5.82 Å². The monoisotopic (exact) mass is 562 g/mol. The van der Waals surface area contributed by atoms with Gasteiger partial charge in [-0.05, 0) is 36.6 Å². The Hall–Kier alpha value is -4.17. The van der Waals surface area contributed by atoms with E-state index in [0.29, 0.717) is 12.2 Å². The lowest BCUT2D eigenvalue weighted by molar-refractivity contribution is -0.192. The quantitative estimate of drug-likeness (QED) is 0.208. The number of nitrogens with zero attached hydrogens (tertiary/aromatic N) is 3. The number of anilines is 1. The predicted molar refractivity (Wildman–Crippen MR) is 124 cm³/mol. The third-order valence-corrected chi connectivity index (χ3v) is 5.08. The van der Waals surface area contributed by atoms with Crippen LogP contribution < -0.4 is 5.32 Å². The number of nitrogens with one attached hydrogen (secondary N) is 1. The number of benzene rings is 1. The predicted octanol–water partition coefficient (Wildman–Crippen LogP) is 5.35. The first kappa shape index (κ1) is 31.1. The molecule has 15 heteroatoms. The van der Waals surface area contributed by atoms with Crippen molar-refractivity contribution in [2.24, 2.45) is 0 Å². The van der Waals surface area contributed by atoms with Crippen LogP contribution in [0.1, 0.15) is 48.0 Å². The number of hydrogen-bond donors (Lipinski definition) is 3. The van der Waals surface area contributed by atoms with Crippen LogP contribution in [0.25, 0.3) is 0 Å². The number of carbonyl (C=O) groups is 2. The van der Waals surface area contributed by atoms with Gasteiger partial charge in [0, 0.05) is 31.5 Å².